The summed E-state index contributed by atoms with van der Waals surface area (Å²) >= 11 is 0. The van der Waals surface area contributed by atoms with Gasteiger partial charge in [-0.1, -0.05) is 19.3 Å². The van der Waals surface area contributed by atoms with Crippen molar-refractivity contribution in [1.82, 2.24) is 0 Å². The van der Waals surface area contributed by atoms with Gasteiger partial charge in [0.15, 0.2) is 0 Å². The first-order valence-electron chi connectivity index (χ1n) is 5.40. The number of hydrogen-bond donors (Lipinski definition) is 2. The third kappa shape index (κ3) is 1.97. The second kappa shape index (κ2) is 3.81. The average molecular weight is 209 g/mol. The van der Waals surface area contributed by atoms with Gasteiger partial charge in [0, 0.05) is 11.3 Å². The minimum absolute atomic E-state index is 0.335. The van der Waals surface area contributed by atoms with E-state index < -0.39 is 5.60 Å². The summed E-state index contributed by atoms with van der Waals surface area (Å²) in [5, 5.41) is 10.4. The van der Waals surface area contributed by atoms with Crippen LogP contribution in [-0.2, 0) is 5.60 Å². The van der Waals surface area contributed by atoms with Crippen molar-refractivity contribution in [3.8, 4) is 0 Å². The molecule has 1 aliphatic carbocycles. The summed E-state index contributed by atoms with van der Waals surface area (Å²) in [6.45, 7) is 0. The van der Waals surface area contributed by atoms with Crippen LogP contribution in [0, 0.1) is 5.82 Å². The van der Waals surface area contributed by atoms with Gasteiger partial charge in [0.1, 0.15) is 5.82 Å². The zero-order valence-electron chi connectivity index (χ0n) is 8.67. The van der Waals surface area contributed by atoms with E-state index in [0.29, 0.717) is 24.1 Å². The molecule has 0 aromatic heterocycles. The normalized spacial score (nSPS) is 20.1. The zero-order chi connectivity index (χ0) is 10.9. The molecular weight excluding hydrogens is 193 g/mol. The first kappa shape index (κ1) is 10.4. The highest BCUT2D eigenvalue weighted by Gasteiger charge is 2.32. The number of nitrogens with two attached hydrogens (primary N) is 1. The highest BCUT2D eigenvalue weighted by atomic mass is 19.1. The molecule has 15 heavy (non-hydrogen) atoms. The van der Waals surface area contributed by atoms with Gasteiger partial charge in [-0.15, -0.1) is 0 Å². The molecule has 1 aromatic carbocycles. The van der Waals surface area contributed by atoms with Gasteiger partial charge >= 0.3 is 0 Å². The molecule has 0 aliphatic heterocycles. The molecule has 1 saturated carbocycles. The molecule has 0 saturated heterocycles. The molecule has 0 amide bonds. The largest absolute Gasteiger partial charge is 0.398 e. The Kier molecular flexibility index (Phi) is 2.65. The molecule has 1 fully saturated rings. The SMILES string of the molecule is Nc1ccc(F)cc1C1(O)CCCCC1. The van der Waals surface area contributed by atoms with Crippen LogP contribution in [0.25, 0.3) is 0 Å². The molecule has 0 heterocycles. The summed E-state index contributed by atoms with van der Waals surface area (Å²) < 4.78 is 13.1. The lowest BCUT2D eigenvalue weighted by Crippen LogP contribution is -2.29. The van der Waals surface area contributed by atoms with E-state index >= 15 is 0 Å². The van der Waals surface area contributed by atoms with E-state index in [4.69, 9.17) is 5.73 Å². The monoisotopic (exact) mass is 209 g/mol. The zero-order valence-corrected chi connectivity index (χ0v) is 8.67. The minimum Gasteiger partial charge on any atom is -0.398 e. The van der Waals surface area contributed by atoms with E-state index in [1.165, 1.54) is 18.2 Å². The number of nitrogen functional groups attached to an aromatic ring is 1. The van der Waals surface area contributed by atoms with Crippen molar-refractivity contribution in [2.75, 3.05) is 5.73 Å². The Hall–Kier alpha value is -1.09. The number of benzene rings is 1. The predicted molar refractivity (Wildman–Crippen MR) is 57.8 cm³/mol. The summed E-state index contributed by atoms with van der Waals surface area (Å²) in [5.41, 5.74) is 5.91. The maximum Gasteiger partial charge on any atom is 0.123 e. The molecule has 0 radical (unpaired) electrons. The number of rotatable bonds is 1. The van der Waals surface area contributed by atoms with Gasteiger partial charge in [-0.05, 0) is 31.0 Å². The third-order valence-corrected chi connectivity index (χ3v) is 3.20. The lowest BCUT2D eigenvalue weighted by molar-refractivity contribution is -0.000169. The summed E-state index contributed by atoms with van der Waals surface area (Å²) in [4.78, 5) is 0. The molecule has 0 spiro atoms. The Morgan fingerprint density at radius 1 is 1.20 bits per heavy atom. The maximum atomic E-state index is 13.1. The molecule has 1 aromatic rings. The molecule has 3 heteroatoms. The van der Waals surface area contributed by atoms with E-state index in [2.05, 4.69) is 0 Å². The van der Waals surface area contributed by atoms with E-state index in [9.17, 15) is 9.50 Å². The molecule has 3 N–H and O–H groups in total. The van der Waals surface area contributed by atoms with Crippen molar-refractivity contribution < 1.29 is 9.50 Å². The second-order valence-electron chi connectivity index (χ2n) is 4.32. The lowest BCUT2D eigenvalue weighted by atomic mass is 9.79. The number of aliphatic hydroxyl groups is 1. The second-order valence-corrected chi connectivity index (χ2v) is 4.32. The van der Waals surface area contributed by atoms with Gasteiger partial charge in [0.2, 0.25) is 0 Å². The van der Waals surface area contributed by atoms with Crippen LogP contribution in [0.4, 0.5) is 10.1 Å². The summed E-state index contributed by atoms with van der Waals surface area (Å²) in [6, 6.07) is 4.21. The van der Waals surface area contributed by atoms with Crippen molar-refractivity contribution in [1.29, 1.82) is 0 Å². The third-order valence-electron chi connectivity index (χ3n) is 3.20. The summed E-state index contributed by atoms with van der Waals surface area (Å²) in [6.07, 6.45) is 4.46. The van der Waals surface area contributed by atoms with Gasteiger partial charge in [-0.3, -0.25) is 0 Å². The van der Waals surface area contributed by atoms with Crippen LogP contribution >= 0.6 is 0 Å². The molecule has 1 aliphatic rings. The predicted octanol–water partition coefficient (Wildman–Crippen LogP) is 2.56. The molecule has 0 bridgehead atoms. The Bertz CT molecular complexity index is 359. The topological polar surface area (TPSA) is 46.2 Å². The van der Waals surface area contributed by atoms with E-state index in [1.807, 2.05) is 0 Å². The minimum atomic E-state index is -0.912. The number of hydrogen-bond acceptors (Lipinski definition) is 2. The maximum absolute atomic E-state index is 13.1. The highest BCUT2D eigenvalue weighted by molar-refractivity contribution is 5.50. The van der Waals surface area contributed by atoms with Crippen LogP contribution in [-0.4, -0.2) is 5.11 Å². The van der Waals surface area contributed by atoms with Crippen LogP contribution in [0.5, 0.6) is 0 Å². The number of halogens is 1. The van der Waals surface area contributed by atoms with Gasteiger partial charge in [-0.2, -0.15) is 0 Å². The quantitative estimate of drug-likeness (QED) is 0.698. The van der Waals surface area contributed by atoms with Crippen molar-refractivity contribution in [3.05, 3.63) is 29.6 Å². The Labute approximate surface area is 88.9 Å². The van der Waals surface area contributed by atoms with Crippen molar-refractivity contribution >= 4 is 5.69 Å². The van der Waals surface area contributed by atoms with Crippen molar-refractivity contribution in [3.63, 3.8) is 0 Å². The molecule has 0 unspecified atom stereocenters. The highest BCUT2D eigenvalue weighted by Crippen LogP contribution is 2.39. The molecular formula is C12H16FNO. The van der Waals surface area contributed by atoms with Gasteiger partial charge in [0.05, 0.1) is 5.60 Å². The van der Waals surface area contributed by atoms with Gasteiger partial charge in [-0.25, -0.2) is 4.39 Å². The molecule has 2 nitrogen and oxygen atoms in total. The van der Waals surface area contributed by atoms with Crippen LogP contribution in [0.3, 0.4) is 0 Å². The van der Waals surface area contributed by atoms with Crippen molar-refractivity contribution in [2.45, 2.75) is 37.7 Å². The van der Waals surface area contributed by atoms with Crippen molar-refractivity contribution in [2.24, 2.45) is 0 Å². The summed E-state index contributed by atoms with van der Waals surface area (Å²) in [5.74, 6) is -0.335. The molecule has 2 rings (SSSR count). The van der Waals surface area contributed by atoms with E-state index in [0.717, 1.165) is 19.3 Å². The van der Waals surface area contributed by atoms with Crippen LogP contribution in [0.1, 0.15) is 37.7 Å². The van der Waals surface area contributed by atoms with E-state index in [-0.39, 0.29) is 5.82 Å². The smallest absolute Gasteiger partial charge is 0.123 e. The number of anilines is 1. The van der Waals surface area contributed by atoms with Crippen LogP contribution in [0.2, 0.25) is 0 Å². The fourth-order valence-corrected chi connectivity index (χ4v) is 2.34. The summed E-state index contributed by atoms with van der Waals surface area (Å²) in [7, 11) is 0. The molecule has 0 atom stereocenters. The average Bonchev–Trinajstić information content (AvgIpc) is 2.23. The van der Waals surface area contributed by atoms with Gasteiger partial charge < -0.3 is 10.8 Å². The van der Waals surface area contributed by atoms with Crippen LogP contribution < -0.4 is 5.73 Å². The van der Waals surface area contributed by atoms with Gasteiger partial charge in [0.25, 0.3) is 0 Å². The Balaban J connectivity index is 2.38. The first-order chi connectivity index (χ1) is 7.12. The fraction of sp³-hybridized carbons (Fsp3) is 0.500. The van der Waals surface area contributed by atoms with E-state index in [1.54, 1.807) is 0 Å². The molecule has 82 valence electrons. The standard InChI is InChI=1S/C12H16FNO/c13-9-4-5-11(14)10(8-9)12(15)6-2-1-3-7-12/h4-5,8,15H,1-3,6-7,14H2. The van der Waals surface area contributed by atoms with Crippen LogP contribution in [0.15, 0.2) is 18.2 Å². The fourth-order valence-electron chi connectivity index (χ4n) is 2.34. The lowest BCUT2D eigenvalue weighted by Gasteiger charge is -2.33. The Morgan fingerprint density at radius 3 is 2.53 bits per heavy atom. The first-order valence-corrected chi connectivity index (χ1v) is 5.40. The Morgan fingerprint density at radius 2 is 1.87 bits per heavy atom.